The van der Waals surface area contributed by atoms with E-state index in [-0.39, 0.29) is 0 Å². The van der Waals surface area contributed by atoms with Crippen LogP contribution in [0.2, 0.25) is 0 Å². The minimum Gasteiger partial charge on any atom is -0.493 e. The van der Waals surface area contributed by atoms with Crippen LogP contribution in [-0.2, 0) is 11.3 Å². The third-order valence-electron chi connectivity index (χ3n) is 3.23. The fraction of sp³-hybridized carbons (Fsp3) is 0.600. The van der Waals surface area contributed by atoms with Gasteiger partial charge in [-0.3, -0.25) is 0 Å². The topological polar surface area (TPSA) is 53.7 Å². The monoisotopic (exact) mass is 265 g/mol. The van der Waals surface area contributed by atoms with Gasteiger partial charge < -0.3 is 19.9 Å². The molecule has 1 fully saturated rings. The molecule has 1 aromatic carbocycles. The number of ether oxygens (including phenoxy) is 3. The molecule has 19 heavy (non-hydrogen) atoms. The fourth-order valence-corrected chi connectivity index (χ4v) is 2.07. The Morgan fingerprint density at radius 1 is 1.37 bits per heavy atom. The summed E-state index contributed by atoms with van der Waals surface area (Å²) in [6, 6.07) is 5.86. The predicted molar refractivity (Wildman–Crippen MR) is 74.5 cm³/mol. The molecule has 1 unspecified atom stereocenters. The smallest absolute Gasteiger partial charge is 0.127 e. The van der Waals surface area contributed by atoms with Crippen molar-refractivity contribution in [2.24, 2.45) is 11.7 Å². The molecule has 1 aliphatic rings. The molecule has 1 aromatic rings. The Bertz CT molecular complexity index is 389. The molecule has 0 saturated carbocycles. The summed E-state index contributed by atoms with van der Waals surface area (Å²) in [6.45, 7) is 5.61. The van der Waals surface area contributed by atoms with E-state index in [1.54, 1.807) is 0 Å². The second kappa shape index (κ2) is 7.36. The Labute approximate surface area is 114 Å². The van der Waals surface area contributed by atoms with Crippen molar-refractivity contribution in [3.05, 3.63) is 23.8 Å². The van der Waals surface area contributed by atoms with E-state index in [1.807, 2.05) is 18.2 Å². The van der Waals surface area contributed by atoms with E-state index in [0.29, 0.717) is 19.1 Å². The third kappa shape index (κ3) is 4.11. The van der Waals surface area contributed by atoms with Crippen molar-refractivity contribution >= 4 is 0 Å². The average Bonchev–Trinajstić information content (AvgIpc) is 2.96. The van der Waals surface area contributed by atoms with E-state index < -0.39 is 0 Å². The molecular weight excluding hydrogens is 242 g/mol. The van der Waals surface area contributed by atoms with Gasteiger partial charge in [-0.25, -0.2) is 0 Å². The first-order chi connectivity index (χ1) is 9.33. The maximum atomic E-state index is 5.89. The highest BCUT2D eigenvalue weighted by atomic mass is 16.5. The van der Waals surface area contributed by atoms with Crippen LogP contribution in [0.4, 0.5) is 0 Å². The molecule has 0 bridgehead atoms. The zero-order chi connectivity index (χ0) is 13.5. The molecule has 1 atom stereocenters. The largest absolute Gasteiger partial charge is 0.493 e. The van der Waals surface area contributed by atoms with E-state index >= 15 is 0 Å². The Morgan fingerprint density at radius 3 is 2.95 bits per heavy atom. The van der Waals surface area contributed by atoms with Gasteiger partial charge in [-0.2, -0.15) is 0 Å². The average molecular weight is 265 g/mol. The van der Waals surface area contributed by atoms with E-state index in [1.165, 1.54) is 0 Å². The van der Waals surface area contributed by atoms with Crippen molar-refractivity contribution in [1.82, 2.24) is 0 Å². The lowest BCUT2D eigenvalue weighted by molar-refractivity contribution is 0.166. The highest BCUT2D eigenvalue weighted by Crippen LogP contribution is 2.26. The molecule has 0 amide bonds. The Hall–Kier alpha value is -1.26. The molecule has 106 valence electrons. The summed E-state index contributed by atoms with van der Waals surface area (Å²) in [5.74, 6) is 2.17. The molecule has 0 spiro atoms. The van der Waals surface area contributed by atoms with Crippen LogP contribution in [0.1, 0.15) is 25.3 Å². The predicted octanol–water partition coefficient (Wildman–Crippen LogP) is 2.35. The second-order valence-electron chi connectivity index (χ2n) is 4.86. The summed E-state index contributed by atoms with van der Waals surface area (Å²) in [5.41, 5.74) is 6.76. The van der Waals surface area contributed by atoms with Gasteiger partial charge in [0, 0.05) is 30.7 Å². The Kier molecular flexibility index (Phi) is 5.48. The van der Waals surface area contributed by atoms with Crippen LogP contribution in [0, 0.1) is 5.92 Å². The first-order valence-electron chi connectivity index (χ1n) is 6.99. The molecule has 2 rings (SSSR count). The summed E-state index contributed by atoms with van der Waals surface area (Å²) < 4.78 is 16.9. The molecule has 1 saturated heterocycles. The molecule has 1 heterocycles. The quantitative estimate of drug-likeness (QED) is 0.822. The lowest BCUT2D eigenvalue weighted by Gasteiger charge is -2.15. The van der Waals surface area contributed by atoms with Crippen molar-refractivity contribution in [3.8, 4) is 11.5 Å². The minimum atomic E-state index is 0.477. The van der Waals surface area contributed by atoms with Crippen molar-refractivity contribution in [3.63, 3.8) is 0 Å². The van der Waals surface area contributed by atoms with E-state index in [0.717, 1.165) is 49.7 Å². The summed E-state index contributed by atoms with van der Waals surface area (Å²) in [4.78, 5) is 0. The lowest BCUT2D eigenvalue weighted by Crippen LogP contribution is -2.13. The molecule has 4 nitrogen and oxygen atoms in total. The summed E-state index contributed by atoms with van der Waals surface area (Å²) in [5, 5.41) is 0. The molecule has 0 radical (unpaired) electrons. The third-order valence-corrected chi connectivity index (χ3v) is 3.23. The zero-order valence-electron chi connectivity index (χ0n) is 11.6. The van der Waals surface area contributed by atoms with Gasteiger partial charge in [0.15, 0.2) is 0 Å². The van der Waals surface area contributed by atoms with Gasteiger partial charge in [-0.1, -0.05) is 13.0 Å². The van der Waals surface area contributed by atoms with Crippen molar-refractivity contribution in [2.75, 3.05) is 26.4 Å². The molecule has 1 aliphatic heterocycles. The van der Waals surface area contributed by atoms with Crippen LogP contribution in [-0.4, -0.2) is 26.4 Å². The molecule has 2 N–H and O–H groups in total. The zero-order valence-corrected chi connectivity index (χ0v) is 11.6. The highest BCUT2D eigenvalue weighted by Gasteiger charge is 2.17. The van der Waals surface area contributed by atoms with E-state index in [4.69, 9.17) is 19.9 Å². The summed E-state index contributed by atoms with van der Waals surface area (Å²) in [6.07, 6.45) is 2.07. The molecular formula is C15H23NO3. The van der Waals surface area contributed by atoms with Gasteiger partial charge in [-0.15, -0.1) is 0 Å². The minimum absolute atomic E-state index is 0.477. The number of hydrogen-bond donors (Lipinski definition) is 1. The van der Waals surface area contributed by atoms with Gasteiger partial charge >= 0.3 is 0 Å². The van der Waals surface area contributed by atoms with E-state index in [2.05, 4.69) is 6.92 Å². The van der Waals surface area contributed by atoms with Gasteiger partial charge in [0.1, 0.15) is 11.5 Å². The van der Waals surface area contributed by atoms with Crippen molar-refractivity contribution in [1.29, 1.82) is 0 Å². The molecule has 0 aromatic heterocycles. The lowest BCUT2D eigenvalue weighted by atomic mass is 10.1. The van der Waals surface area contributed by atoms with E-state index in [9.17, 15) is 0 Å². The van der Waals surface area contributed by atoms with Gasteiger partial charge in [0.05, 0.1) is 19.8 Å². The standard InChI is InChI=1S/C15H23NO3/c1-2-6-18-14-4-3-13(9-16)15(8-14)19-11-12-5-7-17-10-12/h3-4,8,12H,2,5-7,9-11,16H2,1H3. The Morgan fingerprint density at radius 2 is 2.26 bits per heavy atom. The van der Waals surface area contributed by atoms with Crippen LogP contribution in [0.5, 0.6) is 11.5 Å². The molecule has 0 aliphatic carbocycles. The first kappa shape index (κ1) is 14.2. The summed E-state index contributed by atoms with van der Waals surface area (Å²) in [7, 11) is 0. The van der Waals surface area contributed by atoms with Crippen molar-refractivity contribution < 1.29 is 14.2 Å². The normalized spacial score (nSPS) is 18.5. The SMILES string of the molecule is CCCOc1ccc(CN)c(OCC2CCOC2)c1. The van der Waals surface area contributed by atoms with Crippen LogP contribution >= 0.6 is 0 Å². The number of rotatable bonds is 7. The van der Waals surface area contributed by atoms with Gasteiger partial charge in [0.2, 0.25) is 0 Å². The fourth-order valence-electron chi connectivity index (χ4n) is 2.07. The van der Waals surface area contributed by atoms with Crippen molar-refractivity contribution in [2.45, 2.75) is 26.3 Å². The van der Waals surface area contributed by atoms with Crippen LogP contribution in [0.25, 0.3) is 0 Å². The second-order valence-corrected chi connectivity index (χ2v) is 4.86. The Balaban J connectivity index is 1.98. The van der Waals surface area contributed by atoms with Crippen LogP contribution < -0.4 is 15.2 Å². The van der Waals surface area contributed by atoms with Crippen LogP contribution in [0.15, 0.2) is 18.2 Å². The maximum absolute atomic E-state index is 5.89. The number of benzene rings is 1. The number of nitrogens with two attached hydrogens (primary N) is 1. The van der Waals surface area contributed by atoms with Gasteiger partial charge in [-0.05, 0) is 18.9 Å². The van der Waals surface area contributed by atoms with Crippen LogP contribution in [0.3, 0.4) is 0 Å². The number of hydrogen-bond acceptors (Lipinski definition) is 4. The first-order valence-corrected chi connectivity index (χ1v) is 6.99. The summed E-state index contributed by atoms with van der Waals surface area (Å²) >= 11 is 0. The van der Waals surface area contributed by atoms with Gasteiger partial charge in [0.25, 0.3) is 0 Å². The maximum Gasteiger partial charge on any atom is 0.127 e. The molecule has 4 heteroatoms. The highest BCUT2D eigenvalue weighted by molar-refractivity contribution is 5.40.